The highest BCUT2D eigenvalue weighted by molar-refractivity contribution is 7.14. The van der Waals surface area contributed by atoms with Gasteiger partial charge in [0.05, 0.1) is 17.3 Å². The lowest BCUT2D eigenvalue weighted by Crippen LogP contribution is -2.29. The minimum Gasteiger partial charge on any atom is -0.508 e. The summed E-state index contributed by atoms with van der Waals surface area (Å²) in [7, 11) is 0. The fraction of sp³-hybridized carbons (Fsp3) is 0.130. The average Bonchev–Trinajstić information content (AvgIpc) is 3.48. The lowest BCUT2D eigenvalue weighted by Gasteiger charge is -2.22. The van der Waals surface area contributed by atoms with Gasteiger partial charge in [-0.3, -0.25) is 14.5 Å². The van der Waals surface area contributed by atoms with E-state index in [1.807, 2.05) is 29.7 Å². The summed E-state index contributed by atoms with van der Waals surface area (Å²) in [6.45, 7) is 3.70. The van der Waals surface area contributed by atoms with Gasteiger partial charge in [-0.1, -0.05) is 18.2 Å². The smallest absolute Gasteiger partial charge is 0.301 e. The van der Waals surface area contributed by atoms with Crippen LogP contribution in [0, 0.1) is 13.8 Å². The molecule has 32 heavy (non-hydrogen) atoms. The minimum absolute atomic E-state index is 0.0478. The van der Waals surface area contributed by atoms with Crippen LogP contribution in [-0.2, 0) is 9.59 Å². The van der Waals surface area contributed by atoms with Crippen molar-refractivity contribution < 1.29 is 19.8 Å². The second-order valence-electron chi connectivity index (χ2n) is 7.51. The van der Waals surface area contributed by atoms with E-state index in [0.717, 1.165) is 5.56 Å². The van der Waals surface area contributed by atoms with Gasteiger partial charge in [-0.2, -0.15) is 0 Å². The van der Waals surface area contributed by atoms with Crippen LogP contribution in [0.25, 0.3) is 11.4 Å². The molecule has 1 saturated heterocycles. The Kier molecular flexibility index (Phi) is 4.56. The molecule has 0 aliphatic carbocycles. The van der Waals surface area contributed by atoms with Crippen LogP contribution < -0.4 is 4.90 Å². The maximum absolute atomic E-state index is 13.2. The van der Waals surface area contributed by atoms with Gasteiger partial charge in [-0.05, 0) is 43.2 Å². The van der Waals surface area contributed by atoms with Crippen molar-refractivity contribution in [1.29, 1.82) is 0 Å². The number of aromatic nitrogens is 3. The number of hydrogen-bond acceptors (Lipinski definition) is 7. The number of nitrogens with zero attached hydrogens (tertiary/aromatic N) is 4. The van der Waals surface area contributed by atoms with Crippen molar-refractivity contribution in [2.24, 2.45) is 0 Å². The highest BCUT2D eigenvalue weighted by Gasteiger charge is 2.48. The van der Waals surface area contributed by atoms with Crippen LogP contribution in [0.15, 0.2) is 59.7 Å². The lowest BCUT2D eigenvalue weighted by molar-refractivity contribution is -0.132. The molecule has 1 fully saturated rings. The Morgan fingerprint density at radius 1 is 1.12 bits per heavy atom. The molecule has 4 heterocycles. The van der Waals surface area contributed by atoms with Crippen molar-refractivity contribution in [2.75, 3.05) is 4.90 Å². The summed E-state index contributed by atoms with van der Waals surface area (Å²) in [5, 5.41) is 23.1. The number of rotatable bonds is 3. The van der Waals surface area contributed by atoms with Gasteiger partial charge in [0.2, 0.25) is 0 Å². The lowest BCUT2D eigenvalue weighted by atomic mass is 9.96. The number of fused-ring (bicyclic) bond motifs is 1. The average molecular weight is 446 g/mol. The predicted octanol–water partition coefficient (Wildman–Crippen LogP) is 3.74. The summed E-state index contributed by atoms with van der Waals surface area (Å²) in [5.74, 6) is -1.89. The summed E-state index contributed by atoms with van der Waals surface area (Å²) in [6.07, 6.45) is 3.37. The summed E-state index contributed by atoms with van der Waals surface area (Å²) < 4.78 is 1.83. The molecule has 1 atom stereocenters. The number of imidazole rings is 1. The third-order valence-corrected chi connectivity index (χ3v) is 6.36. The van der Waals surface area contributed by atoms with Crippen LogP contribution >= 0.6 is 11.3 Å². The van der Waals surface area contributed by atoms with E-state index in [2.05, 4.69) is 9.97 Å². The Morgan fingerprint density at radius 3 is 2.53 bits per heavy atom. The molecule has 1 aliphatic rings. The highest BCUT2D eigenvalue weighted by Crippen LogP contribution is 2.43. The SMILES string of the molecule is Cc1cccn2c(C)c(C(O)=C3C(=O)C(=O)N(c4nccs4)C3c3ccc(O)cc3)nc12. The molecule has 3 aromatic heterocycles. The molecule has 0 radical (unpaired) electrons. The first-order chi connectivity index (χ1) is 15.4. The Morgan fingerprint density at radius 2 is 1.88 bits per heavy atom. The number of aliphatic hydroxyl groups excluding tert-OH is 1. The molecule has 160 valence electrons. The van der Waals surface area contributed by atoms with Crippen LogP contribution in [0.4, 0.5) is 5.13 Å². The Balaban J connectivity index is 1.77. The quantitative estimate of drug-likeness (QED) is 0.282. The van der Waals surface area contributed by atoms with Crippen molar-refractivity contribution >= 4 is 39.6 Å². The van der Waals surface area contributed by atoms with Gasteiger partial charge in [-0.25, -0.2) is 9.97 Å². The molecule has 4 aromatic rings. The summed E-state index contributed by atoms with van der Waals surface area (Å²) in [4.78, 5) is 36.2. The fourth-order valence-electron chi connectivity index (χ4n) is 4.01. The molecule has 0 bridgehead atoms. The first kappa shape index (κ1) is 20.0. The van der Waals surface area contributed by atoms with Gasteiger partial charge in [-0.15, -0.1) is 11.3 Å². The fourth-order valence-corrected chi connectivity index (χ4v) is 4.68. The van der Waals surface area contributed by atoms with E-state index in [0.29, 0.717) is 22.0 Å². The number of anilines is 1. The van der Waals surface area contributed by atoms with E-state index in [1.54, 1.807) is 30.6 Å². The Bertz CT molecular complexity index is 1400. The van der Waals surface area contributed by atoms with Crippen LogP contribution in [0.1, 0.15) is 28.6 Å². The zero-order chi connectivity index (χ0) is 22.6. The van der Waals surface area contributed by atoms with Crippen LogP contribution in [0.5, 0.6) is 5.75 Å². The maximum Gasteiger partial charge on any atom is 0.301 e. The summed E-state index contributed by atoms with van der Waals surface area (Å²) in [5.41, 5.74) is 2.93. The number of amides is 1. The third-order valence-electron chi connectivity index (χ3n) is 5.59. The van der Waals surface area contributed by atoms with Crippen molar-refractivity contribution in [3.8, 4) is 5.75 Å². The van der Waals surface area contributed by atoms with Gasteiger partial charge < -0.3 is 14.6 Å². The number of carbonyl (C=O) groups excluding carboxylic acids is 2. The second-order valence-corrected chi connectivity index (χ2v) is 8.38. The number of aliphatic hydroxyl groups is 1. The summed E-state index contributed by atoms with van der Waals surface area (Å²) >= 11 is 1.21. The number of thiazole rings is 1. The van der Waals surface area contributed by atoms with E-state index < -0.39 is 17.7 Å². The molecule has 2 N–H and O–H groups in total. The van der Waals surface area contributed by atoms with E-state index in [1.165, 1.54) is 28.4 Å². The van der Waals surface area contributed by atoms with Crippen molar-refractivity contribution in [2.45, 2.75) is 19.9 Å². The molecule has 8 nitrogen and oxygen atoms in total. The van der Waals surface area contributed by atoms with Gasteiger partial charge in [0.15, 0.2) is 10.9 Å². The largest absolute Gasteiger partial charge is 0.508 e. The molecule has 5 rings (SSSR count). The predicted molar refractivity (Wildman–Crippen MR) is 120 cm³/mol. The first-order valence-electron chi connectivity index (χ1n) is 9.82. The zero-order valence-electron chi connectivity index (χ0n) is 17.2. The zero-order valence-corrected chi connectivity index (χ0v) is 18.0. The molecule has 0 saturated carbocycles. The highest BCUT2D eigenvalue weighted by atomic mass is 32.1. The first-order valence-corrected chi connectivity index (χ1v) is 10.7. The Hall–Kier alpha value is -3.98. The minimum atomic E-state index is -0.910. The van der Waals surface area contributed by atoms with E-state index >= 15 is 0 Å². The number of hydrogen-bond donors (Lipinski definition) is 2. The van der Waals surface area contributed by atoms with E-state index in [9.17, 15) is 19.8 Å². The van der Waals surface area contributed by atoms with Crippen LogP contribution in [0.2, 0.25) is 0 Å². The number of Topliss-reactive ketones (excluding diaryl/α,β-unsaturated/α-hetero) is 1. The van der Waals surface area contributed by atoms with Gasteiger partial charge in [0.1, 0.15) is 17.1 Å². The molecule has 1 aromatic carbocycles. The number of phenols is 1. The number of pyridine rings is 1. The molecular weight excluding hydrogens is 428 g/mol. The number of ketones is 1. The molecule has 0 spiro atoms. The molecule has 1 unspecified atom stereocenters. The van der Waals surface area contributed by atoms with Crippen LogP contribution in [0.3, 0.4) is 0 Å². The van der Waals surface area contributed by atoms with Gasteiger partial charge >= 0.3 is 5.91 Å². The molecule has 1 aliphatic heterocycles. The number of aryl methyl sites for hydroxylation is 2. The number of carbonyl (C=O) groups is 2. The van der Waals surface area contributed by atoms with Gasteiger partial charge in [0.25, 0.3) is 5.78 Å². The number of phenolic OH excluding ortho intramolecular Hbond substituents is 1. The monoisotopic (exact) mass is 446 g/mol. The number of aromatic hydroxyl groups is 1. The third kappa shape index (κ3) is 2.89. The van der Waals surface area contributed by atoms with Crippen molar-refractivity contribution in [3.05, 3.63) is 82.3 Å². The molecule has 1 amide bonds. The summed E-state index contributed by atoms with van der Waals surface area (Å²) in [6, 6.07) is 9.03. The van der Waals surface area contributed by atoms with E-state index in [4.69, 9.17) is 0 Å². The maximum atomic E-state index is 13.2. The Labute approximate surface area is 186 Å². The number of benzene rings is 1. The van der Waals surface area contributed by atoms with Gasteiger partial charge in [0, 0.05) is 17.8 Å². The molecular formula is C23H18N4O4S. The van der Waals surface area contributed by atoms with E-state index in [-0.39, 0.29) is 22.8 Å². The second kappa shape index (κ2) is 7.31. The van der Waals surface area contributed by atoms with Crippen molar-refractivity contribution in [3.63, 3.8) is 0 Å². The molecule has 9 heteroatoms. The standard InChI is InChI=1S/C23H18N4O4S/c1-12-4-3-10-26-13(2)17(25-21(12)26)19(29)16-18(14-5-7-15(28)8-6-14)27(22(31)20(16)30)23-24-9-11-32-23/h3-11,18,28-29H,1-2H3. The van der Waals surface area contributed by atoms with Crippen LogP contribution in [-0.4, -0.2) is 36.3 Å². The topological polar surface area (TPSA) is 108 Å². The normalized spacial score (nSPS) is 18.1. The van der Waals surface area contributed by atoms with Crippen molar-refractivity contribution in [1.82, 2.24) is 14.4 Å².